The number of hydrogen-bond acceptors (Lipinski definition) is 2. The van der Waals surface area contributed by atoms with E-state index in [9.17, 15) is 0 Å². The summed E-state index contributed by atoms with van der Waals surface area (Å²) in [6.07, 6.45) is 2.72. The molecule has 1 aromatic carbocycles. The minimum Gasteiger partial charge on any atom is -0.329 e. The molecule has 0 aliphatic heterocycles. The molecule has 17 heavy (non-hydrogen) atoms. The van der Waals surface area contributed by atoms with Crippen molar-refractivity contribution in [2.24, 2.45) is 11.7 Å². The van der Waals surface area contributed by atoms with Crippen molar-refractivity contribution in [1.29, 1.82) is 0 Å². The summed E-state index contributed by atoms with van der Waals surface area (Å²) in [5.74, 6) is 0.844. The lowest BCUT2D eigenvalue weighted by Gasteiger charge is -2.27. The van der Waals surface area contributed by atoms with E-state index in [4.69, 9.17) is 5.73 Å². The molecule has 2 nitrogen and oxygen atoms in total. The van der Waals surface area contributed by atoms with E-state index in [1.165, 1.54) is 29.5 Å². The van der Waals surface area contributed by atoms with Gasteiger partial charge in [-0.1, -0.05) is 18.2 Å². The van der Waals surface area contributed by atoms with Crippen molar-refractivity contribution in [1.82, 2.24) is 4.90 Å². The van der Waals surface area contributed by atoms with E-state index in [1.807, 2.05) is 0 Å². The molecule has 2 N–H and O–H groups in total. The smallest absolute Gasteiger partial charge is 0.0247 e. The number of benzene rings is 1. The van der Waals surface area contributed by atoms with Crippen LogP contribution in [0.4, 0.5) is 0 Å². The van der Waals surface area contributed by atoms with Gasteiger partial charge in [-0.05, 0) is 56.3 Å². The van der Waals surface area contributed by atoms with E-state index in [1.54, 1.807) is 0 Å². The molecular formula is C15H24N2. The molecule has 1 aromatic rings. The molecule has 1 saturated carbocycles. The van der Waals surface area contributed by atoms with Crippen molar-refractivity contribution in [2.75, 3.05) is 13.6 Å². The average Bonchev–Trinajstić information content (AvgIpc) is 3.09. The third kappa shape index (κ3) is 3.08. The van der Waals surface area contributed by atoms with Crippen LogP contribution in [0.1, 0.15) is 29.5 Å². The van der Waals surface area contributed by atoms with Crippen LogP contribution in [0.15, 0.2) is 18.2 Å². The van der Waals surface area contributed by atoms with Gasteiger partial charge in [0.15, 0.2) is 0 Å². The van der Waals surface area contributed by atoms with Crippen molar-refractivity contribution in [3.8, 4) is 0 Å². The van der Waals surface area contributed by atoms with Crippen LogP contribution in [0, 0.1) is 19.8 Å². The second-order valence-electron chi connectivity index (χ2n) is 5.47. The van der Waals surface area contributed by atoms with Crippen LogP contribution in [0.2, 0.25) is 0 Å². The maximum Gasteiger partial charge on any atom is 0.0247 e. The number of nitrogens with zero attached hydrogens (tertiary/aromatic N) is 1. The first-order valence-corrected chi connectivity index (χ1v) is 6.58. The van der Waals surface area contributed by atoms with Crippen molar-refractivity contribution < 1.29 is 0 Å². The number of aryl methyl sites for hydroxylation is 2. The molecule has 1 unspecified atom stereocenters. The van der Waals surface area contributed by atoms with Crippen molar-refractivity contribution in [3.63, 3.8) is 0 Å². The van der Waals surface area contributed by atoms with Gasteiger partial charge in [0.2, 0.25) is 0 Å². The lowest BCUT2D eigenvalue weighted by molar-refractivity contribution is 0.215. The van der Waals surface area contributed by atoms with E-state index >= 15 is 0 Å². The van der Waals surface area contributed by atoms with Gasteiger partial charge >= 0.3 is 0 Å². The van der Waals surface area contributed by atoms with Gasteiger partial charge in [0.05, 0.1) is 0 Å². The highest BCUT2D eigenvalue weighted by Gasteiger charge is 2.32. The van der Waals surface area contributed by atoms with Gasteiger partial charge in [-0.25, -0.2) is 0 Å². The molecule has 2 rings (SSSR count). The predicted molar refractivity (Wildman–Crippen MR) is 72.9 cm³/mol. The van der Waals surface area contributed by atoms with E-state index < -0.39 is 0 Å². The number of rotatable bonds is 5. The van der Waals surface area contributed by atoms with Crippen LogP contribution < -0.4 is 5.73 Å². The maximum absolute atomic E-state index is 5.88. The topological polar surface area (TPSA) is 29.3 Å². The van der Waals surface area contributed by atoms with Crippen LogP contribution in [-0.4, -0.2) is 24.5 Å². The van der Waals surface area contributed by atoms with Crippen molar-refractivity contribution in [3.05, 3.63) is 34.9 Å². The molecule has 2 heteroatoms. The summed E-state index contributed by atoms with van der Waals surface area (Å²) >= 11 is 0. The summed E-state index contributed by atoms with van der Waals surface area (Å²) < 4.78 is 0. The normalized spacial score (nSPS) is 17.5. The molecule has 0 amide bonds. The minimum absolute atomic E-state index is 0.566. The van der Waals surface area contributed by atoms with Gasteiger partial charge in [0.25, 0.3) is 0 Å². The summed E-state index contributed by atoms with van der Waals surface area (Å²) in [6.45, 7) is 6.14. The summed E-state index contributed by atoms with van der Waals surface area (Å²) in [6, 6.07) is 7.32. The maximum atomic E-state index is 5.88. The molecule has 0 heterocycles. The van der Waals surface area contributed by atoms with E-state index in [0.717, 1.165) is 19.0 Å². The standard InChI is InChI=1S/C15H24N2/c1-11-4-5-13(8-12(11)2)10-17(3)15(9-16)14-6-7-14/h4-5,8,14-15H,6-7,9-10,16H2,1-3H3. The Morgan fingerprint density at radius 1 is 1.29 bits per heavy atom. The van der Waals surface area contributed by atoms with E-state index in [-0.39, 0.29) is 0 Å². The van der Waals surface area contributed by atoms with Gasteiger partial charge in [0, 0.05) is 19.1 Å². The fourth-order valence-electron chi connectivity index (χ4n) is 2.52. The van der Waals surface area contributed by atoms with E-state index in [0.29, 0.717) is 6.04 Å². The molecule has 1 fully saturated rings. The van der Waals surface area contributed by atoms with Gasteiger partial charge in [-0.2, -0.15) is 0 Å². The third-order valence-electron chi connectivity index (χ3n) is 3.98. The fraction of sp³-hybridized carbons (Fsp3) is 0.600. The van der Waals surface area contributed by atoms with Crippen LogP contribution in [0.25, 0.3) is 0 Å². The zero-order chi connectivity index (χ0) is 12.4. The Morgan fingerprint density at radius 2 is 2.00 bits per heavy atom. The van der Waals surface area contributed by atoms with E-state index in [2.05, 4.69) is 44.0 Å². The van der Waals surface area contributed by atoms with Crippen LogP contribution >= 0.6 is 0 Å². The SMILES string of the molecule is Cc1ccc(CN(C)C(CN)C2CC2)cc1C. The Kier molecular flexibility index (Phi) is 3.85. The molecule has 1 atom stereocenters. The highest BCUT2D eigenvalue weighted by Crippen LogP contribution is 2.34. The lowest BCUT2D eigenvalue weighted by atomic mass is 10.0. The molecule has 1 aliphatic carbocycles. The molecule has 0 spiro atoms. The second kappa shape index (κ2) is 5.19. The number of likely N-dealkylation sites (N-methyl/N-ethyl adjacent to an activating group) is 1. The Hall–Kier alpha value is -0.860. The highest BCUT2D eigenvalue weighted by molar-refractivity contribution is 5.29. The highest BCUT2D eigenvalue weighted by atomic mass is 15.1. The fourth-order valence-corrected chi connectivity index (χ4v) is 2.52. The van der Waals surface area contributed by atoms with Gasteiger partial charge in [-0.3, -0.25) is 4.90 Å². The van der Waals surface area contributed by atoms with Crippen LogP contribution in [0.5, 0.6) is 0 Å². The molecule has 0 radical (unpaired) electrons. The Balaban J connectivity index is 2.01. The molecule has 1 aliphatic rings. The number of nitrogens with two attached hydrogens (primary N) is 1. The quantitative estimate of drug-likeness (QED) is 0.845. The Bertz CT molecular complexity index is 383. The summed E-state index contributed by atoms with van der Waals surface area (Å²) in [5, 5.41) is 0. The van der Waals surface area contributed by atoms with Crippen LogP contribution in [0.3, 0.4) is 0 Å². The van der Waals surface area contributed by atoms with Crippen molar-refractivity contribution >= 4 is 0 Å². The molecule has 94 valence electrons. The molecule has 0 aromatic heterocycles. The Morgan fingerprint density at radius 3 is 2.53 bits per heavy atom. The first kappa shape index (κ1) is 12.6. The molecular weight excluding hydrogens is 208 g/mol. The van der Waals surface area contributed by atoms with Gasteiger partial charge in [-0.15, -0.1) is 0 Å². The molecule has 0 saturated heterocycles. The summed E-state index contributed by atoms with van der Waals surface area (Å²) in [7, 11) is 2.20. The third-order valence-corrected chi connectivity index (χ3v) is 3.98. The first-order valence-electron chi connectivity index (χ1n) is 6.58. The Labute approximate surface area is 105 Å². The second-order valence-corrected chi connectivity index (χ2v) is 5.47. The summed E-state index contributed by atoms with van der Waals surface area (Å²) in [5.41, 5.74) is 10.0. The zero-order valence-corrected chi connectivity index (χ0v) is 11.2. The molecule has 0 bridgehead atoms. The van der Waals surface area contributed by atoms with Gasteiger partial charge in [0.1, 0.15) is 0 Å². The minimum atomic E-state index is 0.566. The van der Waals surface area contributed by atoms with Crippen molar-refractivity contribution in [2.45, 2.75) is 39.3 Å². The monoisotopic (exact) mass is 232 g/mol. The zero-order valence-electron chi connectivity index (χ0n) is 11.2. The van der Waals surface area contributed by atoms with Gasteiger partial charge < -0.3 is 5.73 Å². The number of hydrogen-bond donors (Lipinski definition) is 1. The summed E-state index contributed by atoms with van der Waals surface area (Å²) in [4.78, 5) is 2.42. The largest absolute Gasteiger partial charge is 0.329 e. The average molecular weight is 232 g/mol. The lowest BCUT2D eigenvalue weighted by Crippen LogP contribution is -2.39. The predicted octanol–water partition coefficient (Wildman–Crippen LogP) is 2.47. The first-order chi connectivity index (χ1) is 8.11. The van der Waals surface area contributed by atoms with Crippen LogP contribution in [-0.2, 0) is 6.54 Å².